The Bertz CT molecular complexity index is 758. The third-order valence-corrected chi connectivity index (χ3v) is 4.99. The summed E-state index contributed by atoms with van der Waals surface area (Å²) in [7, 11) is 0. The van der Waals surface area contributed by atoms with E-state index >= 15 is 0 Å². The molecule has 0 fully saturated rings. The Morgan fingerprint density at radius 1 is 1.10 bits per heavy atom. The fourth-order valence-electron chi connectivity index (χ4n) is 2.17. The maximum atomic E-state index is 5.97. The number of aromatic nitrogens is 2. The van der Waals surface area contributed by atoms with Gasteiger partial charge in [0.2, 0.25) is 0 Å². The van der Waals surface area contributed by atoms with Crippen LogP contribution in [0.1, 0.15) is 10.8 Å². The Labute approximate surface area is 136 Å². The fraction of sp³-hybridized carbons (Fsp3) is 0.125. The fourth-order valence-corrected chi connectivity index (χ4v) is 3.64. The van der Waals surface area contributed by atoms with Gasteiger partial charge in [0.25, 0.3) is 0 Å². The predicted molar refractivity (Wildman–Crippen MR) is 91.3 cm³/mol. The van der Waals surface area contributed by atoms with Crippen molar-refractivity contribution in [3.05, 3.63) is 64.9 Å². The van der Waals surface area contributed by atoms with E-state index in [4.69, 9.17) is 5.73 Å². The molecular weight excluding hydrogens is 346 g/mol. The molecule has 3 aromatic rings. The molecule has 0 bridgehead atoms. The van der Waals surface area contributed by atoms with Gasteiger partial charge in [0.15, 0.2) is 0 Å². The summed E-state index contributed by atoms with van der Waals surface area (Å²) in [4.78, 5) is 8.73. The molecule has 1 unspecified atom stereocenters. The normalized spacial score (nSPS) is 12.5. The molecule has 0 amide bonds. The minimum Gasteiger partial charge on any atom is -0.329 e. The number of hydrogen-bond acceptors (Lipinski definition) is 4. The average molecular weight is 360 g/mol. The van der Waals surface area contributed by atoms with Crippen LogP contribution in [0.5, 0.6) is 0 Å². The molecular formula is C16H14BrN3S. The molecule has 1 heterocycles. The summed E-state index contributed by atoms with van der Waals surface area (Å²) in [6, 6.07) is 16.3. The van der Waals surface area contributed by atoms with Crippen LogP contribution in [-0.4, -0.2) is 16.5 Å². The van der Waals surface area contributed by atoms with Crippen molar-refractivity contribution in [1.82, 2.24) is 9.97 Å². The summed E-state index contributed by atoms with van der Waals surface area (Å²) in [5, 5.41) is 2.20. The second-order valence-electron chi connectivity index (χ2n) is 4.59. The highest BCUT2D eigenvalue weighted by molar-refractivity contribution is 9.10. The third-order valence-electron chi connectivity index (χ3n) is 3.19. The van der Waals surface area contributed by atoms with Crippen molar-refractivity contribution in [2.75, 3.05) is 6.54 Å². The van der Waals surface area contributed by atoms with Crippen LogP contribution < -0.4 is 5.73 Å². The summed E-state index contributed by atoms with van der Waals surface area (Å²) in [5.74, 6) is 0. The minimum absolute atomic E-state index is 0.167. The van der Waals surface area contributed by atoms with Gasteiger partial charge >= 0.3 is 0 Å². The Morgan fingerprint density at radius 3 is 2.76 bits per heavy atom. The van der Waals surface area contributed by atoms with Crippen LogP contribution in [0.25, 0.3) is 10.9 Å². The molecule has 1 atom stereocenters. The molecule has 0 aliphatic rings. The van der Waals surface area contributed by atoms with Crippen molar-refractivity contribution in [2.45, 2.75) is 10.3 Å². The second kappa shape index (κ2) is 6.56. The summed E-state index contributed by atoms with van der Waals surface area (Å²) < 4.78 is 1.06. The Balaban J connectivity index is 1.96. The van der Waals surface area contributed by atoms with Gasteiger partial charge in [-0.15, -0.1) is 0 Å². The third kappa shape index (κ3) is 3.26. The van der Waals surface area contributed by atoms with Crippen molar-refractivity contribution in [3.8, 4) is 0 Å². The largest absolute Gasteiger partial charge is 0.329 e. The minimum atomic E-state index is 0.167. The number of nitrogens with zero attached hydrogens (tertiary/aromatic N) is 2. The maximum Gasteiger partial charge on any atom is 0.117 e. The first-order valence-electron chi connectivity index (χ1n) is 6.60. The Kier molecular flexibility index (Phi) is 4.53. The number of nitrogens with two attached hydrogens (primary N) is 1. The highest BCUT2D eigenvalue weighted by Crippen LogP contribution is 2.36. The number of fused-ring (bicyclic) bond motifs is 1. The molecule has 5 heteroatoms. The molecule has 0 saturated carbocycles. The zero-order chi connectivity index (χ0) is 14.7. The topological polar surface area (TPSA) is 51.8 Å². The molecule has 0 spiro atoms. The van der Waals surface area contributed by atoms with Crippen LogP contribution in [0.3, 0.4) is 0 Å². The molecule has 106 valence electrons. The number of para-hydroxylation sites is 1. The average Bonchev–Trinajstić information content (AvgIpc) is 2.52. The van der Waals surface area contributed by atoms with Crippen LogP contribution in [0.2, 0.25) is 0 Å². The zero-order valence-corrected chi connectivity index (χ0v) is 13.6. The predicted octanol–water partition coefficient (Wildman–Crippen LogP) is 4.18. The lowest BCUT2D eigenvalue weighted by Gasteiger charge is -2.15. The first-order chi connectivity index (χ1) is 10.3. The zero-order valence-electron chi connectivity index (χ0n) is 11.2. The molecule has 1 aromatic heterocycles. The Hall–Kier alpha value is -1.43. The van der Waals surface area contributed by atoms with E-state index in [1.54, 1.807) is 18.1 Å². The summed E-state index contributed by atoms with van der Waals surface area (Å²) in [6.07, 6.45) is 1.61. The van der Waals surface area contributed by atoms with Crippen molar-refractivity contribution >= 4 is 38.6 Å². The lowest BCUT2D eigenvalue weighted by atomic mass is 10.1. The lowest BCUT2D eigenvalue weighted by Crippen LogP contribution is -2.09. The molecule has 3 rings (SSSR count). The molecule has 0 aliphatic heterocycles. The van der Waals surface area contributed by atoms with E-state index in [1.165, 1.54) is 5.56 Å². The molecule has 0 saturated heterocycles. The van der Waals surface area contributed by atoms with Gasteiger partial charge in [-0.3, -0.25) is 0 Å². The van der Waals surface area contributed by atoms with E-state index in [2.05, 4.69) is 38.0 Å². The highest BCUT2D eigenvalue weighted by atomic mass is 79.9. The van der Waals surface area contributed by atoms with Gasteiger partial charge in [-0.1, -0.05) is 58.0 Å². The number of benzene rings is 2. The summed E-state index contributed by atoms with van der Waals surface area (Å²) in [6.45, 7) is 0.555. The number of hydrogen-bond donors (Lipinski definition) is 1. The van der Waals surface area contributed by atoms with Gasteiger partial charge in [0.05, 0.1) is 5.52 Å². The van der Waals surface area contributed by atoms with Gasteiger partial charge in [-0.2, -0.15) is 0 Å². The first-order valence-corrected chi connectivity index (χ1v) is 8.27. The van der Waals surface area contributed by atoms with E-state index in [0.29, 0.717) is 6.54 Å². The van der Waals surface area contributed by atoms with Crippen molar-refractivity contribution in [3.63, 3.8) is 0 Å². The molecule has 0 radical (unpaired) electrons. The number of halogens is 1. The highest BCUT2D eigenvalue weighted by Gasteiger charge is 2.14. The van der Waals surface area contributed by atoms with E-state index in [9.17, 15) is 0 Å². The van der Waals surface area contributed by atoms with Crippen molar-refractivity contribution in [1.29, 1.82) is 0 Å². The van der Waals surface area contributed by atoms with Crippen molar-refractivity contribution in [2.24, 2.45) is 5.73 Å². The van der Waals surface area contributed by atoms with E-state index < -0.39 is 0 Å². The quantitative estimate of drug-likeness (QED) is 0.560. The van der Waals surface area contributed by atoms with E-state index in [1.807, 2.05) is 36.4 Å². The van der Waals surface area contributed by atoms with Crippen LogP contribution >= 0.6 is 27.7 Å². The second-order valence-corrected chi connectivity index (χ2v) is 6.70. The van der Waals surface area contributed by atoms with Gasteiger partial charge in [0.1, 0.15) is 11.4 Å². The van der Waals surface area contributed by atoms with Crippen LogP contribution in [0.4, 0.5) is 0 Å². The number of thioether (sulfide) groups is 1. The Morgan fingerprint density at radius 2 is 1.95 bits per heavy atom. The summed E-state index contributed by atoms with van der Waals surface area (Å²) in [5.41, 5.74) is 8.12. The monoisotopic (exact) mass is 359 g/mol. The smallest absolute Gasteiger partial charge is 0.117 e. The molecule has 0 aliphatic carbocycles. The van der Waals surface area contributed by atoms with Crippen molar-refractivity contribution < 1.29 is 0 Å². The number of rotatable bonds is 4. The first kappa shape index (κ1) is 14.5. The van der Waals surface area contributed by atoms with Crippen LogP contribution in [-0.2, 0) is 0 Å². The van der Waals surface area contributed by atoms with E-state index in [-0.39, 0.29) is 5.25 Å². The SMILES string of the molecule is NCC(Sc1ncnc2ccccc12)c1cccc(Br)c1. The van der Waals surface area contributed by atoms with Crippen LogP contribution in [0.15, 0.2) is 64.4 Å². The molecule has 21 heavy (non-hydrogen) atoms. The molecule has 3 nitrogen and oxygen atoms in total. The van der Waals surface area contributed by atoms with Gasteiger partial charge < -0.3 is 5.73 Å². The lowest BCUT2D eigenvalue weighted by molar-refractivity contribution is 0.934. The summed E-state index contributed by atoms with van der Waals surface area (Å²) >= 11 is 5.19. The van der Waals surface area contributed by atoms with E-state index in [0.717, 1.165) is 20.4 Å². The standard InChI is InChI=1S/C16H14BrN3S/c17-12-5-3-4-11(8-12)15(9-18)21-16-13-6-1-2-7-14(13)19-10-20-16/h1-8,10,15H,9,18H2. The maximum absolute atomic E-state index is 5.97. The molecule has 2 N–H and O–H groups in total. The van der Waals surface area contributed by atoms with Gasteiger partial charge in [-0.05, 0) is 23.8 Å². The van der Waals surface area contributed by atoms with Crippen LogP contribution in [0, 0.1) is 0 Å². The van der Waals surface area contributed by atoms with Gasteiger partial charge in [-0.25, -0.2) is 9.97 Å². The van der Waals surface area contributed by atoms with Gasteiger partial charge in [0, 0.05) is 21.7 Å². The molecule has 2 aromatic carbocycles.